The molecule has 0 radical (unpaired) electrons. The molecule has 0 amide bonds. The number of methoxy groups -OCH3 is 1. The second-order valence-electron chi connectivity index (χ2n) is 14.9. The van der Waals surface area contributed by atoms with Crippen LogP contribution in [-0.4, -0.2) is 81.7 Å². The summed E-state index contributed by atoms with van der Waals surface area (Å²) in [4.78, 5) is 39.5. The number of alkyl halides is 1. The fourth-order valence-corrected chi connectivity index (χ4v) is 11.7. The van der Waals surface area contributed by atoms with Crippen molar-refractivity contribution in [3.05, 3.63) is 24.2 Å². The minimum atomic E-state index is -2.16. The lowest BCUT2D eigenvalue weighted by Gasteiger charge is -2.75. The Kier molecular flexibility index (Phi) is 6.29. The standard InChI is InChI=1S/C32H41ClO12/c1-8-29-27(5)18(12-19(34)39-7)26(4)15-30(27)31(38,23(26)37)24-32(29,45-28(6,43-29)44-30)17(11-20(35)42-24)25(2,3)22(41-21(36)13-33)16-9-10-40-14-16/h9-10,14,17-18,22-24,37-38H,8,11-13,15H2,1-7H3. The molecule has 6 fully saturated rings. The van der Waals surface area contributed by atoms with Crippen LogP contribution in [0.3, 0.4) is 0 Å². The van der Waals surface area contributed by atoms with E-state index < -0.39 is 98.6 Å². The van der Waals surface area contributed by atoms with Crippen LogP contribution in [0.4, 0.5) is 0 Å². The molecule has 2 N–H and O–H groups in total. The Morgan fingerprint density at radius 1 is 1.18 bits per heavy atom. The summed E-state index contributed by atoms with van der Waals surface area (Å²) in [6.45, 7) is 11.0. The number of aliphatic hydroxyl groups excluding tert-OH is 1. The number of furan rings is 1. The van der Waals surface area contributed by atoms with Gasteiger partial charge in [0.2, 0.25) is 0 Å². The Balaban J connectivity index is 1.52. The van der Waals surface area contributed by atoms with E-state index in [0.29, 0.717) is 12.0 Å². The van der Waals surface area contributed by atoms with Crippen molar-refractivity contribution in [3.63, 3.8) is 0 Å². The molecule has 248 valence electrons. The third kappa shape index (κ3) is 3.11. The number of aliphatic hydroxyl groups is 2. The summed E-state index contributed by atoms with van der Waals surface area (Å²) in [5.41, 5.74) is -9.53. The molecule has 3 aliphatic carbocycles. The van der Waals surface area contributed by atoms with Crippen molar-refractivity contribution >= 4 is 29.5 Å². The minimum absolute atomic E-state index is 0.0802. The minimum Gasteiger partial charge on any atom is -0.472 e. The smallest absolute Gasteiger partial charge is 0.321 e. The fourth-order valence-electron chi connectivity index (χ4n) is 11.7. The van der Waals surface area contributed by atoms with Crippen molar-refractivity contribution in [2.45, 2.75) is 114 Å². The van der Waals surface area contributed by atoms with Crippen LogP contribution >= 0.6 is 11.6 Å². The number of carbonyl (C=O) groups excluding carboxylic acids is 3. The van der Waals surface area contributed by atoms with Gasteiger partial charge in [-0.1, -0.05) is 34.6 Å². The monoisotopic (exact) mass is 652 g/mol. The number of hydrogen-bond acceptors (Lipinski definition) is 12. The highest BCUT2D eigenvalue weighted by molar-refractivity contribution is 6.26. The molecule has 12 unspecified atom stereocenters. The van der Waals surface area contributed by atoms with Crippen LogP contribution in [0.1, 0.15) is 78.9 Å². The number of rotatable bonds is 8. The highest BCUT2D eigenvalue weighted by atomic mass is 35.5. The van der Waals surface area contributed by atoms with Gasteiger partial charge >= 0.3 is 17.9 Å². The number of fused-ring (bicyclic) bond motifs is 3. The van der Waals surface area contributed by atoms with Crippen LogP contribution in [0.2, 0.25) is 0 Å². The second-order valence-corrected chi connectivity index (χ2v) is 15.2. The van der Waals surface area contributed by atoms with Gasteiger partial charge in [0, 0.05) is 41.1 Å². The van der Waals surface area contributed by atoms with E-state index in [-0.39, 0.29) is 19.3 Å². The quantitative estimate of drug-likeness (QED) is 0.240. The maximum atomic E-state index is 13.7. The first-order valence-electron chi connectivity index (χ1n) is 15.5. The van der Waals surface area contributed by atoms with E-state index in [0.717, 1.165) is 0 Å². The summed E-state index contributed by atoms with van der Waals surface area (Å²) in [5.74, 6) is -5.38. The van der Waals surface area contributed by atoms with Crippen molar-refractivity contribution in [2.24, 2.45) is 28.1 Å². The summed E-state index contributed by atoms with van der Waals surface area (Å²) in [7, 11) is 1.31. The van der Waals surface area contributed by atoms with Gasteiger partial charge in [-0.25, -0.2) is 0 Å². The van der Waals surface area contributed by atoms with Crippen molar-refractivity contribution in [1.82, 2.24) is 0 Å². The van der Waals surface area contributed by atoms with E-state index in [1.807, 2.05) is 34.6 Å². The van der Waals surface area contributed by atoms with Crippen LogP contribution in [0, 0.1) is 28.1 Å². The first kappa shape index (κ1) is 31.4. The molecule has 4 heterocycles. The van der Waals surface area contributed by atoms with Crippen LogP contribution in [0.25, 0.3) is 0 Å². The summed E-state index contributed by atoms with van der Waals surface area (Å²) >= 11 is 5.89. The number of carbonyl (C=O) groups is 3. The zero-order chi connectivity index (χ0) is 32.8. The molecule has 12 atom stereocenters. The molecule has 7 rings (SSSR count). The summed E-state index contributed by atoms with van der Waals surface area (Å²) in [6, 6.07) is 1.67. The highest BCUT2D eigenvalue weighted by Gasteiger charge is 3.02. The summed E-state index contributed by atoms with van der Waals surface area (Å²) in [5, 5.41) is 25.4. The summed E-state index contributed by atoms with van der Waals surface area (Å²) < 4.78 is 43.4. The molecule has 1 aromatic rings. The predicted octanol–water partition coefficient (Wildman–Crippen LogP) is 3.15. The third-order valence-electron chi connectivity index (χ3n) is 13.0. The zero-order valence-electron chi connectivity index (χ0n) is 26.5. The average Bonchev–Trinajstić information content (AvgIpc) is 3.67. The van der Waals surface area contributed by atoms with Crippen molar-refractivity contribution in [3.8, 4) is 0 Å². The van der Waals surface area contributed by atoms with E-state index in [9.17, 15) is 24.6 Å². The molecule has 6 aliphatic rings. The van der Waals surface area contributed by atoms with Gasteiger partial charge in [0.15, 0.2) is 11.7 Å². The molecular formula is C32H41ClO12. The Morgan fingerprint density at radius 3 is 2.49 bits per heavy atom. The van der Waals surface area contributed by atoms with E-state index in [2.05, 4.69) is 0 Å². The first-order valence-corrected chi connectivity index (χ1v) is 16.0. The molecule has 2 spiro atoms. The van der Waals surface area contributed by atoms with E-state index in [4.69, 9.17) is 44.4 Å². The molecule has 13 heteroatoms. The molecule has 3 aliphatic heterocycles. The van der Waals surface area contributed by atoms with Crippen LogP contribution in [0.5, 0.6) is 0 Å². The topological polar surface area (TPSA) is 160 Å². The highest BCUT2D eigenvalue weighted by Crippen LogP contribution is 2.88. The fraction of sp³-hybridized carbons (Fsp3) is 0.781. The predicted molar refractivity (Wildman–Crippen MR) is 152 cm³/mol. The Labute approximate surface area is 265 Å². The number of halogens is 1. The number of esters is 3. The van der Waals surface area contributed by atoms with Crippen molar-refractivity contribution in [1.29, 1.82) is 0 Å². The molecule has 0 aromatic carbocycles. The number of hydrogen-bond donors (Lipinski definition) is 2. The SMILES string of the molecule is CCC12OC3(C)OC14C(C(C)(C)C(OC(=O)CCl)c1ccoc1)CC(=O)OC4C1(O)C(O)C4(C)CC1(O3)C2(C)C4CC(=O)OC. The lowest BCUT2D eigenvalue weighted by atomic mass is 9.36. The second kappa shape index (κ2) is 9.02. The van der Waals surface area contributed by atoms with E-state index in [1.54, 1.807) is 13.0 Å². The normalized spacial score (nSPS) is 49.4. The van der Waals surface area contributed by atoms with Crippen LogP contribution in [0.15, 0.2) is 23.0 Å². The van der Waals surface area contributed by atoms with Gasteiger partial charge in [-0.3, -0.25) is 14.4 Å². The summed E-state index contributed by atoms with van der Waals surface area (Å²) in [6.07, 6.45) is -0.823. The van der Waals surface area contributed by atoms with Gasteiger partial charge in [-0.2, -0.15) is 0 Å². The lowest BCUT2D eigenvalue weighted by molar-refractivity contribution is -0.475. The van der Waals surface area contributed by atoms with Gasteiger partial charge in [-0.15, -0.1) is 11.6 Å². The van der Waals surface area contributed by atoms with E-state index >= 15 is 0 Å². The van der Waals surface area contributed by atoms with Crippen molar-refractivity contribution < 1.29 is 57.4 Å². The maximum absolute atomic E-state index is 13.7. The maximum Gasteiger partial charge on any atom is 0.321 e. The van der Waals surface area contributed by atoms with Gasteiger partial charge in [0.25, 0.3) is 5.97 Å². The molecule has 4 bridgehead atoms. The molecule has 1 aromatic heterocycles. The third-order valence-corrected chi connectivity index (χ3v) is 13.2. The Bertz CT molecular complexity index is 1460. The zero-order valence-corrected chi connectivity index (χ0v) is 27.3. The first-order chi connectivity index (χ1) is 20.9. The number of ether oxygens (including phenoxy) is 6. The molecular weight excluding hydrogens is 612 g/mol. The van der Waals surface area contributed by atoms with Gasteiger partial charge in [0.1, 0.15) is 28.8 Å². The Morgan fingerprint density at radius 2 is 1.89 bits per heavy atom. The van der Waals surface area contributed by atoms with Gasteiger partial charge in [0.05, 0.1) is 32.2 Å². The lowest BCUT2D eigenvalue weighted by Crippen LogP contribution is -2.93. The van der Waals surface area contributed by atoms with Crippen molar-refractivity contribution in [2.75, 3.05) is 13.0 Å². The van der Waals surface area contributed by atoms with Gasteiger partial charge < -0.3 is 43.1 Å². The van der Waals surface area contributed by atoms with E-state index in [1.165, 1.54) is 19.6 Å². The average molecular weight is 653 g/mol. The van der Waals surface area contributed by atoms with Gasteiger partial charge in [-0.05, 0) is 24.8 Å². The molecule has 12 nitrogen and oxygen atoms in total. The van der Waals surface area contributed by atoms with Crippen LogP contribution in [-0.2, 0) is 42.8 Å². The largest absolute Gasteiger partial charge is 0.472 e. The molecule has 3 saturated heterocycles. The Hall–Kier alpha value is -2.22. The molecule has 3 saturated carbocycles. The van der Waals surface area contributed by atoms with Crippen LogP contribution < -0.4 is 0 Å². The molecule has 45 heavy (non-hydrogen) atoms.